The van der Waals surface area contributed by atoms with E-state index in [1.807, 2.05) is 7.05 Å². The number of aliphatic hydroxyl groups excluding tert-OH is 1. The molecule has 102 valence electrons. The first-order valence-corrected chi connectivity index (χ1v) is 8.23. The zero-order chi connectivity index (χ0) is 12.6. The highest BCUT2D eigenvalue weighted by atomic mass is 32.2. The predicted octanol–water partition coefficient (Wildman–Crippen LogP) is 3.05. The topological polar surface area (TPSA) is 32.3 Å². The van der Waals surface area contributed by atoms with E-state index in [0.717, 1.165) is 12.3 Å². The van der Waals surface area contributed by atoms with E-state index in [9.17, 15) is 5.11 Å². The molecule has 1 saturated carbocycles. The molecule has 0 saturated heterocycles. The molecule has 0 amide bonds. The molecule has 1 rings (SSSR count). The second-order valence-corrected chi connectivity index (χ2v) is 6.80. The first-order valence-electron chi connectivity index (χ1n) is 7.08. The lowest BCUT2D eigenvalue weighted by atomic mass is 9.96. The van der Waals surface area contributed by atoms with Crippen molar-refractivity contribution in [1.29, 1.82) is 0 Å². The van der Waals surface area contributed by atoms with Crippen molar-refractivity contribution < 1.29 is 5.11 Å². The van der Waals surface area contributed by atoms with Crippen LogP contribution < -0.4 is 5.32 Å². The smallest absolute Gasteiger partial charge is 0.0610 e. The second kappa shape index (κ2) is 8.39. The fourth-order valence-electron chi connectivity index (χ4n) is 2.43. The van der Waals surface area contributed by atoms with Crippen LogP contribution in [-0.4, -0.2) is 35.8 Å². The molecular weight excluding hydrogens is 230 g/mol. The standard InChI is InChI=1S/C14H29NOS/c1-14(12-16,15-2)9-5-6-10-17-11-13-7-3-4-8-13/h13,15-16H,3-12H2,1-2H3. The summed E-state index contributed by atoms with van der Waals surface area (Å²) in [5.41, 5.74) is -0.0733. The van der Waals surface area contributed by atoms with Crippen LogP contribution in [0.4, 0.5) is 0 Å². The van der Waals surface area contributed by atoms with E-state index >= 15 is 0 Å². The van der Waals surface area contributed by atoms with E-state index in [1.165, 1.54) is 50.0 Å². The van der Waals surface area contributed by atoms with Crippen LogP contribution in [0.1, 0.15) is 51.9 Å². The summed E-state index contributed by atoms with van der Waals surface area (Å²) in [7, 11) is 1.94. The first-order chi connectivity index (χ1) is 8.20. The van der Waals surface area contributed by atoms with Gasteiger partial charge in [-0.15, -0.1) is 0 Å². The third-order valence-electron chi connectivity index (χ3n) is 4.05. The maximum absolute atomic E-state index is 9.26. The lowest BCUT2D eigenvalue weighted by Crippen LogP contribution is -2.43. The Labute approximate surface area is 111 Å². The quantitative estimate of drug-likeness (QED) is 0.624. The van der Waals surface area contributed by atoms with Crippen molar-refractivity contribution in [1.82, 2.24) is 5.32 Å². The van der Waals surface area contributed by atoms with Crippen molar-refractivity contribution in [3.63, 3.8) is 0 Å². The van der Waals surface area contributed by atoms with Crippen LogP contribution in [0.5, 0.6) is 0 Å². The Kier molecular flexibility index (Phi) is 7.56. The molecule has 0 spiro atoms. The number of hydrogen-bond acceptors (Lipinski definition) is 3. The SMILES string of the molecule is CNC(C)(CO)CCCCSCC1CCCC1. The van der Waals surface area contributed by atoms with Crippen LogP contribution in [0, 0.1) is 5.92 Å². The Morgan fingerprint density at radius 3 is 2.59 bits per heavy atom. The minimum absolute atomic E-state index is 0.0733. The summed E-state index contributed by atoms with van der Waals surface area (Å²) in [5, 5.41) is 12.5. The van der Waals surface area contributed by atoms with Gasteiger partial charge in [0.2, 0.25) is 0 Å². The van der Waals surface area contributed by atoms with Gasteiger partial charge < -0.3 is 10.4 Å². The maximum Gasteiger partial charge on any atom is 0.0610 e. The molecule has 3 heteroatoms. The van der Waals surface area contributed by atoms with Crippen LogP contribution in [-0.2, 0) is 0 Å². The summed E-state index contributed by atoms with van der Waals surface area (Å²) in [6, 6.07) is 0. The van der Waals surface area contributed by atoms with E-state index in [0.29, 0.717) is 0 Å². The number of unbranched alkanes of at least 4 members (excludes halogenated alkanes) is 1. The summed E-state index contributed by atoms with van der Waals surface area (Å²) in [6.45, 7) is 2.33. The molecule has 0 bridgehead atoms. The predicted molar refractivity (Wildman–Crippen MR) is 77.7 cm³/mol. The van der Waals surface area contributed by atoms with E-state index in [1.54, 1.807) is 0 Å². The van der Waals surface area contributed by atoms with Gasteiger partial charge in [-0.25, -0.2) is 0 Å². The van der Waals surface area contributed by atoms with Crippen molar-refractivity contribution in [2.45, 2.75) is 57.4 Å². The number of rotatable bonds is 9. The Morgan fingerprint density at radius 2 is 2.00 bits per heavy atom. The molecule has 1 fully saturated rings. The van der Waals surface area contributed by atoms with Gasteiger partial charge in [-0.1, -0.05) is 19.3 Å². The van der Waals surface area contributed by atoms with E-state index in [-0.39, 0.29) is 12.1 Å². The zero-order valence-electron chi connectivity index (χ0n) is 11.5. The van der Waals surface area contributed by atoms with Gasteiger partial charge in [0.1, 0.15) is 0 Å². The summed E-state index contributed by atoms with van der Waals surface area (Å²) in [4.78, 5) is 0. The highest BCUT2D eigenvalue weighted by Crippen LogP contribution is 2.28. The number of nitrogens with one attached hydrogen (secondary N) is 1. The van der Waals surface area contributed by atoms with Crippen LogP contribution >= 0.6 is 11.8 Å². The molecule has 0 aromatic carbocycles. The average molecular weight is 259 g/mol. The molecule has 0 aromatic heterocycles. The van der Waals surface area contributed by atoms with Gasteiger partial charge in [0.25, 0.3) is 0 Å². The van der Waals surface area contributed by atoms with Crippen molar-refractivity contribution >= 4 is 11.8 Å². The Bertz CT molecular complexity index is 189. The maximum atomic E-state index is 9.26. The fraction of sp³-hybridized carbons (Fsp3) is 1.00. The van der Waals surface area contributed by atoms with Gasteiger partial charge in [-0.3, -0.25) is 0 Å². The molecule has 2 N–H and O–H groups in total. The van der Waals surface area contributed by atoms with Crippen LogP contribution in [0.2, 0.25) is 0 Å². The highest BCUT2D eigenvalue weighted by Gasteiger charge is 2.19. The fourth-order valence-corrected chi connectivity index (χ4v) is 3.67. The lowest BCUT2D eigenvalue weighted by Gasteiger charge is -2.26. The zero-order valence-corrected chi connectivity index (χ0v) is 12.3. The summed E-state index contributed by atoms with van der Waals surface area (Å²) in [6.07, 6.45) is 9.43. The number of hydrogen-bond donors (Lipinski definition) is 2. The van der Waals surface area contributed by atoms with Crippen LogP contribution in [0.15, 0.2) is 0 Å². The van der Waals surface area contributed by atoms with Gasteiger partial charge in [0.15, 0.2) is 0 Å². The van der Waals surface area contributed by atoms with Crippen LogP contribution in [0.25, 0.3) is 0 Å². The highest BCUT2D eigenvalue weighted by molar-refractivity contribution is 7.99. The van der Waals surface area contributed by atoms with Gasteiger partial charge in [-0.05, 0) is 57.1 Å². The largest absolute Gasteiger partial charge is 0.394 e. The molecular formula is C14H29NOS. The van der Waals surface area contributed by atoms with Crippen LogP contribution in [0.3, 0.4) is 0 Å². The molecule has 1 aliphatic rings. The molecule has 2 nitrogen and oxygen atoms in total. The van der Waals surface area contributed by atoms with Gasteiger partial charge in [-0.2, -0.15) is 11.8 Å². The number of thioether (sulfide) groups is 1. The molecule has 1 unspecified atom stereocenters. The van der Waals surface area contributed by atoms with E-state index in [4.69, 9.17) is 0 Å². The molecule has 0 aromatic rings. The van der Waals surface area contributed by atoms with Crippen molar-refractivity contribution in [3.05, 3.63) is 0 Å². The van der Waals surface area contributed by atoms with Crippen molar-refractivity contribution in [2.24, 2.45) is 5.92 Å². The third-order valence-corrected chi connectivity index (χ3v) is 5.33. The summed E-state index contributed by atoms with van der Waals surface area (Å²) >= 11 is 2.13. The molecule has 1 aliphatic carbocycles. The van der Waals surface area contributed by atoms with Crippen molar-refractivity contribution in [3.8, 4) is 0 Å². The molecule has 0 radical (unpaired) electrons. The lowest BCUT2D eigenvalue weighted by molar-refractivity contribution is 0.171. The molecule has 1 atom stereocenters. The Hall–Kier alpha value is 0.270. The Balaban J connectivity index is 1.93. The van der Waals surface area contributed by atoms with Gasteiger partial charge in [0, 0.05) is 5.54 Å². The monoisotopic (exact) mass is 259 g/mol. The first kappa shape index (κ1) is 15.3. The van der Waals surface area contributed by atoms with Gasteiger partial charge in [0.05, 0.1) is 6.61 Å². The molecule has 0 heterocycles. The number of aliphatic hydroxyl groups is 1. The van der Waals surface area contributed by atoms with Gasteiger partial charge >= 0.3 is 0 Å². The molecule has 17 heavy (non-hydrogen) atoms. The van der Waals surface area contributed by atoms with Crippen molar-refractivity contribution in [2.75, 3.05) is 25.2 Å². The average Bonchev–Trinajstić information content (AvgIpc) is 2.86. The third kappa shape index (κ3) is 6.12. The summed E-state index contributed by atoms with van der Waals surface area (Å²) in [5.74, 6) is 3.69. The minimum atomic E-state index is -0.0733. The molecule has 0 aliphatic heterocycles. The minimum Gasteiger partial charge on any atom is -0.394 e. The Morgan fingerprint density at radius 1 is 1.29 bits per heavy atom. The number of likely N-dealkylation sites (N-methyl/N-ethyl adjacent to an activating group) is 1. The summed E-state index contributed by atoms with van der Waals surface area (Å²) < 4.78 is 0. The van der Waals surface area contributed by atoms with E-state index in [2.05, 4.69) is 24.0 Å². The van der Waals surface area contributed by atoms with E-state index < -0.39 is 0 Å². The normalized spacial score (nSPS) is 20.6. The second-order valence-electron chi connectivity index (χ2n) is 5.65.